The zero-order valence-electron chi connectivity index (χ0n) is 22.5. The molecule has 1 atom stereocenters. The zero-order valence-corrected chi connectivity index (χ0v) is 23.3. The molecule has 1 unspecified atom stereocenters. The Balaban J connectivity index is 1.19. The molecule has 1 fully saturated rings. The Kier molecular flexibility index (Phi) is 7.46. The number of carbonyl (C=O) groups excluding carboxylic acids is 2. The molecule has 204 valence electrons. The van der Waals surface area contributed by atoms with Gasteiger partial charge in [0.25, 0.3) is 0 Å². The minimum atomic E-state index is -3.59. The smallest absolute Gasteiger partial charge is 0.246 e. The second kappa shape index (κ2) is 10.8. The predicted octanol–water partition coefficient (Wildman–Crippen LogP) is 4.67. The Morgan fingerprint density at radius 3 is 2.31 bits per heavy atom. The van der Waals surface area contributed by atoms with Gasteiger partial charge in [0, 0.05) is 53.0 Å². The first-order chi connectivity index (χ1) is 18.7. The SMILES string of the molecule is CCn1c2ccccc2c2cc(NC(=O)C(C)NC(=O)C3CCN(S(=O)(=O)c4ccc(C)cc4)CC3)ccc21. The number of anilines is 1. The highest BCUT2D eigenvalue weighted by Gasteiger charge is 2.33. The fourth-order valence-corrected chi connectivity index (χ4v) is 6.81. The Morgan fingerprint density at radius 2 is 1.62 bits per heavy atom. The van der Waals surface area contributed by atoms with E-state index in [-0.39, 0.29) is 35.7 Å². The van der Waals surface area contributed by atoms with Crippen molar-refractivity contribution in [3.63, 3.8) is 0 Å². The largest absolute Gasteiger partial charge is 0.344 e. The van der Waals surface area contributed by atoms with Gasteiger partial charge >= 0.3 is 0 Å². The molecule has 5 rings (SSSR count). The van der Waals surface area contributed by atoms with Crippen LogP contribution in [0.25, 0.3) is 21.8 Å². The van der Waals surface area contributed by atoms with Gasteiger partial charge in [0.2, 0.25) is 21.8 Å². The number of nitrogens with zero attached hydrogens (tertiary/aromatic N) is 2. The maximum Gasteiger partial charge on any atom is 0.246 e. The third-order valence-corrected chi connectivity index (χ3v) is 9.50. The van der Waals surface area contributed by atoms with E-state index in [0.717, 1.165) is 33.9 Å². The summed E-state index contributed by atoms with van der Waals surface area (Å²) in [5.74, 6) is -0.881. The minimum Gasteiger partial charge on any atom is -0.344 e. The highest BCUT2D eigenvalue weighted by atomic mass is 32.2. The molecule has 2 heterocycles. The Morgan fingerprint density at radius 1 is 0.949 bits per heavy atom. The summed E-state index contributed by atoms with van der Waals surface area (Å²) in [6.07, 6.45) is 0.812. The van der Waals surface area contributed by atoms with Crippen LogP contribution in [-0.2, 0) is 26.2 Å². The minimum absolute atomic E-state index is 0.230. The molecule has 0 aliphatic carbocycles. The highest BCUT2D eigenvalue weighted by molar-refractivity contribution is 7.89. The van der Waals surface area contributed by atoms with Crippen molar-refractivity contribution in [2.45, 2.75) is 51.1 Å². The van der Waals surface area contributed by atoms with E-state index in [4.69, 9.17) is 0 Å². The lowest BCUT2D eigenvalue weighted by atomic mass is 9.97. The molecule has 1 saturated heterocycles. The first-order valence-corrected chi connectivity index (χ1v) is 14.8. The standard InChI is InChI=1S/C30H34N4O4S/c1-4-34-27-8-6-5-7-25(27)26-19-23(11-14-28(26)34)32-29(35)21(3)31-30(36)22-15-17-33(18-16-22)39(37,38)24-12-9-20(2)10-13-24/h5-14,19,21-22H,4,15-18H2,1-3H3,(H,31,36)(H,32,35). The van der Waals surface area contributed by atoms with Crippen LogP contribution < -0.4 is 10.6 Å². The average Bonchev–Trinajstić information content (AvgIpc) is 3.26. The molecule has 2 amide bonds. The number of sulfonamides is 1. The molecule has 1 aliphatic heterocycles. The Bertz CT molecular complexity index is 1640. The Labute approximate surface area is 229 Å². The number of hydrogen-bond acceptors (Lipinski definition) is 4. The second-order valence-electron chi connectivity index (χ2n) is 10.2. The summed E-state index contributed by atoms with van der Waals surface area (Å²) in [5, 5.41) is 7.94. The number of rotatable bonds is 7. The molecule has 0 radical (unpaired) electrons. The normalized spacial score (nSPS) is 15.9. The summed E-state index contributed by atoms with van der Waals surface area (Å²) in [7, 11) is -3.59. The van der Waals surface area contributed by atoms with Crippen molar-refractivity contribution < 1.29 is 18.0 Å². The molecule has 3 aromatic carbocycles. The number of nitrogens with one attached hydrogen (secondary N) is 2. The van der Waals surface area contributed by atoms with E-state index in [0.29, 0.717) is 18.5 Å². The molecule has 0 bridgehead atoms. The van der Waals surface area contributed by atoms with Crippen LogP contribution in [0.15, 0.2) is 71.6 Å². The van der Waals surface area contributed by atoms with Crippen LogP contribution in [0.5, 0.6) is 0 Å². The van der Waals surface area contributed by atoms with Gasteiger partial charge in [0.15, 0.2) is 0 Å². The first kappa shape index (κ1) is 26.9. The number of amides is 2. The van der Waals surface area contributed by atoms with E-state index in [9.17, 15) is 18.0 Å². The van der Waals surface area contributed by atoms with E-state index < -0.39 is 16.1 Å². The van der Waals surface area contributed by atoms with Crippen LogP contribution in [0, 0.1) is 12.8 Å². The molecule has 8 nitrogen and oxygen atoms in total. The lowest BCUT2D eigenvalue weighted by molar-refractivity contribution is -0.129. The molecule has 1 aromatic heterocycles. The summed E-state index contributed by atoms with van der Waals surface area (Å²) in [6.45, 7) is 7.05. The van der Waals surface area contributed by atoms with Crippen molar-refractivity contribution in [3.8, 4) is 0 Å². The summed E-state index contributed by atoms with van der Waals surface area (Å²) in [4.78, 5) is 26.1. The van der Waals surface area contributed by atoms with Gasteiger partial charge in [0.05, 0.1) is 4.90 Å². The van der Waals surface area contributed by atoms with Crippen LogP contribution >= 0.6 is 0 Å². The number of aromatic nitrogens is 1. The maximum atomic E-state index is 13.0. The van der Waals surface area contributed by atoms with Gasteiger partial charge < -0.3 is 15.2 Å². The quantitative estimate of drug-likeness (QED) is 0.352. The monoisotopic (exact) mass is 546 g/mol. The van der Waals surface area contributed by atoms with Crippen LogP contribution in [0.1, 0.15) is 32.3 Å². The molecular weight excluding hydrogens is 512 g/mol. The second-order valence-corrected chi connectivity index (χ2v) is 12.1. The fourth-order valence-electron chi connectivity index (χ4n) is 5.34. The summed E-state index contributed by atoms with van der Waals surface area (Å²) in [6, 6.07) is 20.1. The lowest BCUT2D eigenvalue weighted by Gasteiger charge is -2.31. The van der Waals surface area contributed by atoms with Gasteiger partial charge in [-0.15, -0.1) is 0 Å². The van der Waals surface area contributed by atoms with Gasteiger partial charge in [-0.3, -0.25) is 9.59 Å². The van der Waals surface area contributed by atoms with E-state index in [2.05, 4.69) is 34.3 Å². The fraction of sp³-hybridized carbons (Fsp3) is 0.333. The van der Waals surface area contributed by atoms with Crippen LogP contribution in [0.2, 0.25) is 0 Å². The van der Waals surface area contributed by atoms with Gasteiger partial charge in [-0.1, -0.05) is 35.9 Å². The molecular formula is C30H34N4O4S. The highest BCUT2D eigenvalue weighted by Crippen LogP contribution is 2.31. The number of para-hydroxylation sites is 1. The zero-order chi connectivity index (χ0) is 27.7. The first-order valence-electron chi connectivity index (χ1n) is 13.4. The van der Waals surface area contributed by atoms with Crippen molar-refractivity contribution in [2.75, 3.05) is 18.4 Å². The number of benzene rings is 3. The number of fused-ring (bicyclic) bond motifs is 3. The van der Waals surface area contributed by atoms with Crippen LogP contribution in [0.3, 0.4) is 0 Å². The van der Waals surface area contributed by atoms with E-state index >= 15 is 0 Å². The third-order valence-electron chi connectivity index (χ3n) is 7.59. The molecule has 0 saturated carbocycles. The average molecular weight is 547 g/mol. The van der Waals surface area contributed by atoms with Gasteiger partial charge in [-0.25, -0.2) is 8.42 Å². The topological polar surface area (TPSA) is 101 Å². The van der Waals surface area contributed by atoms with Crippen LogP contribution in [-0.4, -0.2) is 48.2 Å². The summed E-state index contributed by atoms with van der Waals surface area (Å²) < 4.78 is 29.6. The number of hydrogen-bond donors (Lipinski definition) is 2. The summed E-state index contributed by atoms with van der Waals surface area (Å²) in [5.41, 5.74) is 3.92. The lowest BCUT2D eigenvalue weighted by Crippen LogP contribution is -2.47. The Hall–Kier alpha value is -3.69. The predicted molar refractivity (Wildman–Crippen MR) is 154 cm³/mol. The number of piperidine rings is 1. The maximum absolute atomic E-state index is 13.0. The van der Waals surface area contributed by atoms with E-state index in [1.807, 2.05) is 37.3 Å². The van der Waals surface area contributed by atoms with Crippen LogP contribution in [0.4, 0.5) is 5.69 Å². The summed E-state index contributed by atoms with van der Waals surface area (Å²) >= 11 is 0. The number of aryl methyl sites for hydroxylation is 2. The molecule has 0 spiro atoms. The molecule has 9 heteroatoms. The third kappa shape index (κ3) is 5.29. The van der Waals surface area contributed by atoms with E-state index in [1.54, 1.807) is 31.2 Å². The van der Waals surface area contributed by atoms with E-state index in [1.165, 1.54) is 4.31 Å². The molecule has 4 aromatic rings. The number of carbonyl (C=O) groups is 2. The van der Waals surface area contributed by atoms with Crippen molar-refractivity contribution in [1.82, 2.24) is 14.2 Å². The van der Waals surface area contributed by atoms with Crippen molar-refractivity contribution >= 4 is 49.3 Å². The molecule has 1 aliphatic rings. The van der Waals surface area contributed by atoms with Gasteiger partial charge in [-0.05, 0) is 70.0 Å². The molecule has 2 N–H and O–H groups in total. The van der Waals surface area contributed by atoms with Crippen molar-refractivity contribution in [3.05, 3.63) is 72.3 Å². The molecule has 39 heavy (non-hydrogen) atoms. The van der Waals surface area contributed by atoms with Gasteiger partial charge in [0.1, 0.15) is 6.04 Å². The van der Waals surface area contributed by atoms with Crippen molar-refractivity contribution in [2.24, 2.45) is 5.92 Å². The van der Waals surface area contributed by atoms with Gasteiger partial charge in [-0.2, -0.15) is 4.31 Å². The van der Waals surface area contributed by atoms with Crippen molar-refractivity contribution in [1.29, 1.82) is 0 Å².